The molecule has 28 heavy (non-hydrogen) atoms. The number of halogens is 2. The summed E-state index contributed by atoms with van der Waals surface area (Å²) in [5.41, 5.74) is 0. The fourth-order valence-electron chi connectivity index (χ4n) is 2.58. The fourth-order valence-corrected chi connectivity index (χ4v) is 2.81. The van der Waals surface area contributed by atoms with Gasteiger partial charge in [0.05, 0.1) is 5.02 Å². The third kappa shape index (κ3) is 5.34. The van der Waals surface area contributed by atoms with Crippen molar-refractivity contribution in [1.82, 2.24) is 5.32 Å². The Kier molecular flexibility index (Phi) is 6.68. The number of hydrogen-bond acceptors (Lipinski definition) is 4. The monoisotopic (exact) mass is 403 g/mol. The van der Waals surface area contributed by atoms with Gasteiger partial charge < -0.3 is 19.9 Å². The minimum absolute atomic E-state index is 0.00408. The number of benzene rings is 3. The number of ether oxygens (including phenoxy) is 2. The molecule has 3 aromatic carbocycles. The van der Waals surface area contributed by atoms with Crippen LogP contribution in [0, 0.1) is 5.82 Å². The van der Waals surface area contributed by atoms with Crippen LogP contribution in [0.2, 0.25) is 5.02 Å². The van der Waals surface area contributed by atoms with E-state index in [9.17, 15) is 14.3 Å². The molecule has 5 nitrogen and oxygen atoms in total. The molecule has 0 saturated heterocycles. The molecule has 0 fully saturated rings. The van der Waals surface area contributed by atoms with E-state index in [1.165, 1.54) is 12.1 Å². The third-order valence-electron chi connectivity index (χ3n) is 3.97. The van der Waals surface area contributed by atoms with Crippen molar-refractivity contribution in [2.75, 3.05) is 19.8 Å². The molecule has 3 rings (SSSR count). The lowest BCUT2D eigenvalue weighted by molar-refractivity contribution is -0.123. The van der Waals surface area contributed by atoms with E-state index in [-0.39, 0.29) is 30.5 Å². The Bertz CT molecular complexity index is 961. The summed E-state index contributed by atoms with van der Waals surface area (Å²) >= 11 is 5.83. The Morgan fingerprint density at radius 3 is 2.68 bits per heavy atom. The summed E-state index contributed by atoms with van der Waals surface area (Å²) in [5.74, 6) is -0.0588. The van der Waals surface area contributed by atoms with Crippen molar-refractivity contribution in [3.8, 4) is 11.5 Å². The predicted octanol–water partition coefficient (Wildman–Crippen LogP) is 3.57. The van der Waals surface area contributed by atoms with Gasteiger partial charge >= 0.3 is 0 Å². The third-order valence-corrected chi connectivity index (χ3v) is 4.26. The Balaban J connectivity index is 1.43. The highest BCUT2D eigenvalue weighted by atomic mass is 35.5. The van der Waals surface area contributed by atoms with E-state index in [2.05, 4.69) is 5.32 Å². The van der Waals surface area contributed by atoms with Crippen LogP contribution in [0.3, 0.4) is 0 Å². The lowest BCUT2D eigenvalue weighted by Gasteiger charge is -2.15. The predicted molar refractivity (Wildman–Crippen MR) is 105 cm³/mol. The van der Waals surface area contributed by atoms with Crippen LogP contribution in [0.4, 0.5) is 4.39 Å². The highest BCUT2D eigenvalue weighted by Crippen LogP contribution is 2.25. The van der Waals surface area contributed by atoms with Crippen molar-refractivity contribution in [2.24, 2.45) is 0 Å². The van der Waals surface area contributed by atoms with Gasteiger partial charge in [-0.05, 0) is 29.7 Å². The second-order valence-electron chi connectivity index (χ2n) is 6.11. The number of nitrogens with one attached hydrogen (secondary N) is 1. The van der Waals surface area contributed by atoms with E-state index in [1.807, 2.05) is 42.5 Å². The molecule has 0 aromatic heterocycles. The van der Waals surface area contributed by atoms with Gasteiger partial charge in [-0.3, -0.25) is 4.79 Å². The molecule has 0 aliphatic rings. The molecule has 1 atom stereocenters. The summed E-state index contributed by atoms with van der Waals surface area (Å²) in [6, 6.07) is 17.1. The standard InChI is InChI=1S/C21H19ClFNO4/c22-18-10-15(23)8-9-20(18)28-13-21(26)24-11-16(25)12-27-19-7-3-5-14-4-1-2-6-17(14)19/h1-10,16,25H,11-13H2,(H,24,26)/t16-/m0/s1. The Morgan fingerprint density at radius 2 is 1.86 bits per heavy atom. The summed E-state index contributed by atoms with van der Waals surface area (Å²) in [4.78, 5) is 11.8. The average molecular weight is 404 g/mol. The molecular formula is C21H19ClFNO4. The van der Waals surface area contributed by atoms with Crippen molar-refractivity contribution in [3.05, 3.63) is 71.5 Å². The molecule has 7 heteroatoms. The molecule has 0 aliphatic heterocycles. The minimum atomic E-state index is -0.891. The van der Waals surface area contributed by atoms with E-state index in [0.29, 0.717) is 5.75 Å². The van der Waals surface area contributed by atoms with E-state index in [4.69, 9.17) is 21.1 Å². The van der Waals surface area contributed by atoms with Gasteiger partial charge in [0.1, 0.15) is 30.0 Å². The minimum Gasteiger partial charge on any atom is -0.490 e. The SMILES string of the molecule is O=C(COc1ccc(F)cc1Cl)NC[C@H](O)COc1cccc2ccccc12. The molecule has 0 aliphatic carbocycles. The van der Waals surface area contributed by atoms with Gasteiger partial charge in [0.15, 0.2) is 6.61 Å². The van der Waals surface area contributed by atoms with Crippen molar-refractivity contribution in [3.63, 3.8) is 0 Å². The topological polar surface area (TPSA) is 67.8 Å². The van der Waals surface area contributed by atoms with Gasteiger partial charge in [-0.15, -0.1) is 0 Å². The van der Waals surface area contributed by atoms with Crippen LogP contribution < -0.4 is 14.8 Å². The Morgan fingerprint density at radius 1 is 1.07 bits per heavy atom. The van der Waals surface area contributed by atoms with Crippen molar-refractivity contribution < 1.29 is 23.8 Å². The van der Waals surface area contributed by atoms with Crippen LogP contribution >= 0.6 is 11.6 Å². The van der Waals surface area contributed by atoms with Crippen molar-refractivity contribution in [1.29, 1.82) is 0 Å². The molecule has 0 unspecified atom stereocenters. The first-order valence-corrected chi connectivity index (χ1v) is 9.04. The van der Waals surface area contributed by atoms with Crippen molar-refractivity contribution in [2.45, 2.75) is 6.10 Å². The number of amides is 1. The van der Waals surface area contributed by atoms with Crippen molar-refractivity contribution >= 4 is 28.3 Å². The van der Waals surface area contributed by atoms with Gasteiger partial charge in [-0.2, -0.15) is 0 Å². The molecule has 0 saturated carbocycles. The second-order valence-corrected chi connectivity index (χ2v) is 6.52. The zero-order chi connectivity index (χ0) is 19.9. The first kappa shape index (κ1) is 19.9. The molecule has 0 heterocycles. The Hall–Kier alpha value is -2.83. The number of hydrogen-bond donors (Lipinski definition) is 2. The van der Waals surface area contributed by atoms with E-state index in [1.54, 1.807) is 0 Å². The molecule has 2 N–H and O–H groups in total. The first-order valence-electron chi connectivity index (χ1n) is 8.66. The zero-order valence-electron chi connectivity index (χ0n) is 14.9. The summed E-state index contributed by atoms with van der Waals surface area (Å²) in [6.45, 7) is -0.273. The van der Waals surface area contributed by atoms with Crippen LogP contribution in [0.1, 0.15) is 0 Å². The molecule has 3 aromatic rings. The lowest BCUT2D eigenvalue weighted by atomic mass is 10.1. The largest absolute Gasteiger partial charge is 0.490 e. The maximum Gasteiger partial charge on any atom is 0.258 e. The van der Waals surface area contributed by atoms with Gasteiger partial charge in [0.2, 0.25) is 0 Å². The van der Waals surface area contributed by atoms with Crippen LogP contribution in [-0.4, -0.2) is 36.9 Å². The number of carbonyl (C=O) groups excluding carboxylic acids is 1. The zero-order valence-corrected chi connectivity index (χ0v) is 15.7. The summed E-state index contributed by atoms with van der Waals surface area (Å²) in [7, 11) is 0. The normalized spacial score (nSPS) is 11.8. The number of rotatable bonds is 8. The molecule has 0 radical (unpaired) electrons. The fraction of sp³-hybridized carbons (Fsp3) is 0.190. The quantitative estimate of drug-likeness (QED) is 0.603. The molecule has 1 amide bonds. The average Bonchev–Trinajstić information content (AvgIpc) is 2.70. The second kappa shape index (κ2) is 9.39. The highest BCUT2D eigenvalue weighted by Gasteiger charge is 2.11. The molecular weight excluding hydrogens is 385 g/mol. The number of fused-ring (bicyclic) bond motifs is 1. The first-order chi connectivity index (χ1) is 13.5. The number of aliphatic hydroxyl groups excluding tert-OH is 1. The van der Waals surface area contributed by atoms with E-state index >= 15 is 0 Å². The van der Waals surface area contributed by atoms with E-state index < -0.39 is 17.8 Å². The number of carbonyl (C=O) groups is 1. The van der Waals surface area contributed by atoms with Crippen LogP contribution in [0.5, 0.6) is 11.5 Å². The highest BCUT2D eigenvalue weighted by molar-refractivity contribution is 6.32. The maximum absolute atomic E-state index is 13.0. The summed E-state index contributed by atoms with van der Waals surface area (Å²) in [6.07, 6.45) is -0.891. The van der Waals surface area contributed by atoms with Crippen LogP contribution in [-0.2, 0) is 4.79 Å². The number of aliphatic hydroxyl groups is 1. The van der Waals surface area contributed by atoms with Gasteiger partial charge in [-0.1, -0.05) is 48.0 Å². The van der Waals surface area contributed by atoms with Crippen LogP contribution in [0.25, 0.3) is 10.8 Å². The summed E-state index contributed by atoms with van der Waals surface area (Å²) < 4.78 is 23.9. The van der Waals surface area contributed by atoms with Gasteiger partial charge in [0, 0.05) is 11.9 Å². The maximum atomic E-state index is 13.0. The molecule has 146 valence electrons. The van der Waals surface area contributed by atoms with E-state index in [0.717, 1.165) is 16.8 Å². The van der Waals surface area contributed by atoms with Gasteiger partial charge in [-0.25, -0.2) is 4.39 Å². The molecule has 0 bridgehead atoms. The van der Waals surface area contributed by atoms with Crippen LogP contribution in [0.15, 0.2) is 60.7 Å². The molecule has 0 spiro atoms. The smallest absolute Gasteiger partial charge is 0.258 e. The Labute approximate surface area is 166 Å². The lowest BCUT2D eigenvalue weighted by Crippen LogP contribution is -2.37. The van der Waals surface area contributed by atoms with Gasteiger partial charge in [0.25, 0.3) is 5.91 Å². The summed E-state index contributed by atoms with van der Waals surface area (Å²) in [5, 5.41) is 14.7.